The van der Waals surface area contributed by atoms with Crippen LogP contribution >= 0.6 is 11.3 Å². The molecule has 3 N–H and O–H groups in total. The minimum absolute atomic E-state index is 0.155. The van der Waals surface area contributed by atoms with Gasteiger partial charge in [0.25, 0.3) is 5.91 Å². The summed E-state index contributed by atoms with van der Waals surface area (Å²) in [5, 5.41) is 4.62. The number of hydrogen-bond acceptors (Lipinski definition) is 8. The Bertz CT molecular complexity index is 1200. The zero-order chi connectivity index (χ0) is 24.7. The molecule has 0 fully saturated rings. The Morgan fingerprint density at radius 2 is 1.56 bits per heavy atom. The molecule has 0 saturated carbocycles. The molecule has 0 aliphatic carbocycles. The molecule has 0 aliphatic heterocycles. The van der Waals surface area contributed by atoms with Crippen LogP contribution < -0.4 is 15.8 Å². The van der Waals surface area contributed by atoms with Crippen molar-refractivity contribution >= 4 is 40.1 Å². The Kier molecular flexibility index (Phi) is 7.99. The first-order chi connectivity index (χ1) is 16.3. The summed E-state index contributed by atoms with van der Waals surface area (Å²) in [6.45, 7) is 1.27. The third-order valence-electron chi connectivity index (χ3n) is 4.66. The summed E-state index contributed by atoms with van der Waals surface area (Å²) in [5.74, 6) is -1.92. The van der Waals surface area contributed by atoms with Gasteiger partial charge in [-0.3, -0.25) is 9.59 Å². The van der Waals surface area contributed by atoms with Crippen molar-refractivity contribution in [2.75, 3.05) is 25.6 Å². The predicted octanol–water partition coefficient (Wildman–Crippen LogP) is 3.49. The second kappa shape index (κ2) is 11.1. The number of thiophene rings is 1. The molecular formula is C24H22N2O7S. The molecule has 0 saturated heterocycles. The standard InChI is InChI=1S/C24H22N2O7S/c1-3-32-24(30)20-18(14-8-10-17(31-2)11-9-14)13-34-22(20)26-19(27)12-33-23(29)16-6-4-15(5-7-16)21(25)28/h4-11,13H,3,12H2,1-2H3,(H2,25,28)(H,26,27). The van der Waals surface area contributed by atoms with Crippen molar-refractivity contribution in [3.05, 3.63) is 70.6 Å². The second-order valence-corrected chi connectivity index (χ2v) is 7.75. The first-order valence-electron chi connectivity index (χ1n) is 10.1. The van der Waals surface area contributed by atoms with Gasteiger partial charge in [-0.2, -0.15) is 0 Å². The monoisotopic (exact) mass is 482 g/mol. The highest BCUT2D eigenvalue weighted by Gasteiger charge is 2.23. The number of carbonyl (C=O) groups excluding carboxylic acids is 4. The van der Waals surface area contributed by atoms with Crippen molar-refractivity contribution in [3.63, 3.8) is 0 Å². The third-order valence-corrected chi connectivity index (χ3v) is 5.56. The van der Waals surface area contributed by atoms with Gasteiger partial charge in [-0.05, 0) is 48.9 Å². The molecule has 10 heteroatoms. The lowest BCUT2D eigenvalue weighted by Gasteiger charge is -2.10. The van der Waals surface area contributed by atoms with E-state index in [1.165, 1.54) is 24.3 Å². The van der Waals surface area contributed by atoms with Crippen molar-refractivity contribution < 1.29 is 33.4 Å². The molecule has 176 valence electrons. The number of ether oxygens (including phenoxy) is 3. The first kappa shape index (κ1) is 24.5. The molecular weight excluding hydrogens is 460 g/mol. The molecule has 2 amide bonds. The molecule has 0 aliphatic rings. The van der Waals surface area contributed by atoms with Crippen molar-refractivity contribution in [1.82, 2.24) is 0 Å². The van der Waals surface area contributed by atoms with Crippen molar-refractivity contribution in [1.29, 1.82) is 0 Å². The van der Waals surface area contributed by atoms with E-state index in [0.29, 0.717) is 11.3 Å². The lowest BCUT2D eigenvalue weighted by molar-refractivity contribution is -0.119. The number of hydrogen-bond donors (Lipinski definition) is 2. The molecule has 0 atom stereocenters. The van der Waals surface area contributed by atoms with Crippen LogP contribution in [0.3, 0.4) is 0 Å². The van der Waals surface area contributed by atoms with Crippen molar-refractivity contribution in [2.24, 2.45) is 5.73 Å². The van der Waals surface area contributed by atoms with E-state index in [1.54, 1.807) is 43.7 Å². The predicted molar refractivity (Wildman–Crippen MR) is 126 cm³/mol. The van der Waals surface area contributed by atoms with Crippen LogP contribution in [0.25, 0.3) is 11.1 Å². The van der Waals surface area contributed by atoms with Gasteiger partial charge < -0.3 is 25.3 Å². The van der Waals surface area contributed by atoms with E-state index in [9.17, 15) is 19.2 Å². The molecule has 0 radical (unpaired) electrons. The van der Waals surface area contributed by atoms with Crippen LogP contribution in [0, 0.1) is 0 Å². The quantitative estimate of drug-likeness (QED) is 0.446. The maximum Gasteiger partial charge on any atom is 0.341 e. The maximum absolute atomic E-state index is 12.6. The number of amides is 2. The molecule has 0 spiro atoms. The zero-order valence-corrected chi connectivity index (χ0v) is 19.3. The van der Waals surface area contributed by atoms with Gasteiger partial charge in [0.15, 0.2) is 6.61 Å². The number of nitrogens with two attached hydrogens (primary N) is 1. The number of anilines is 1. The summed E-state index contributed by atoms with van der Waals surface area (Å²) < 4.78 is 15.4. The van der Waals surface area contributed by atoms with Gasteiger partial charge in [-0.1, -0.05) is 12.1 Å². The normalized spacial score (nSPS) is 10.3. The number of esters is 2. The Morgan fingerprint density at radius 1 is 0.912 bits per heavy atom. The first-order valence-corrected chi connectivity index (χ1v) is 11.0. The highest BCUT2D eigenvalue weighted by atomic mass is 32.1. The Balaban J connectivity index is 1.72. The average Bonchev–Trinajstić information content (AvgIpc) is 3.26. The van der Waals surface area contributed by atoms with Gasteiger partial charge in [0.1, 0.15) is 16.3 Å². The van der Waals surface area contributed by atoms with E-state index in [2.05, 4.69) is 5.32 Å². The van der Waals surface area contributed by atoms with Gasteiger partial charge in [0.05, 0.1) is 19.3 Å². The molecule has 34 heavy (non-hydrogen) atoms. The molecule has 2 aromatic carbocycles. The van der Waals surface area contributed by atoms with Crippen molar-refractivity contribution in [2.45, 2.75) is 6.92 Å². The molecule has 1 heterocycles. The fourth-order valence-electron chi connectivity index (χ4n) is 2.99. The van der Waals surface area contributed by atoms with Gasteiger partial charge >= 0.3 is 11.9 Å². The lowest BCUT2D eigenvalue weighted by Crippen LogP contribution is -2.22. The highest BCUT2D eigenvalue weighted by Crippen LogP contribution is 2.36. The number of carbonyl (C=O) groups is 4. The van der Waals surface area contributed by atoms with Crippen LogP contribution in [0.5, 0.6) is 5.75 Å². The van der Waals surface area contributed by atoms with Crippen LogP contribution in [0.4, 0.5) is 5.00 Å². The van der Waals surface area contributed by atoms with Crippen LogP contribution in [-0.4, -0.2) is 44.1 Å². The summed E-state index contributed by atoms with van der Waals surface area (Å²) >= 11 is 1.15. The van der Waals surface area contributed by atoms with E-state index in [-0.39, 0.29) is 28.3 Å². The maximum atomic E-state index is 12.6. The Morgan fingerprint density at radius 3 is 2.15 bits per heavy atom. The average molecular weight is 483 g/mol. The van der Waals surface area contributed by atoms with Gasteiger partial charge in [0, 0.05) is 16.5 Å². The summed E-state index contributed by atoms with van der Waals surface area (Å²) in [4.78, 5) is 48.4. The molecule has 0 bridgehead atoms. The number of benzene rings is 2. The molecule has 3 aromatic rings. The zero-order valence-electron chi connectivity index (χ0n) is 18.5. The summed E-state index contributed by atoms with van der Waals surface area (Å²) in [7, 11) is 1.56. The number of rotatable bonds is 9. The van der Waals surface area contributed by atoms with E-state index < -0.39 is 30.4 Å². The molecule has 1 aromatic heterocycles. The van der Waals surface area contributed by atoms with E-state index in [0.717, 1.165) is 16.9 Å². The lowest BCUT2D eigenvalue weighted by atomic mass is 10.0. The van der Waals surface area contributed by atoms with Crippen LogP contribution in [0.2, 0.25) is 0 Å². The van der Waals surface area contributed by atoms with Crippen molar-refractivity contribution in [3.8, 4) is 16.9 Å². The Labute approximate surface area is 199 Å². The fraction of sp³-hybridized carbons (Fsp3) is 0.167. The van der Waals surface area contributed by atoms with Gasteiger partial charge in [0.2, 0.25) is 5.91 Å². The van der Waals surface area contributed by atoms with E-state index >= 15 is 0 Å². The summed E-state index contributed by atoms with van der Waals surface area (Å²) in [6, 6.07) is 12.6. The summed E-state index contributed by atoms with van der Waals surface area (Å²) in [6.07, 6.45) is 0. The minimum Gasteiger partial charge on any atom is -0.497 e. The fourth-order valence-corrected chi connectivity index (χ4v) is 3.96. The number of nitrogens with one attached hydrogen (secondary N) is 1. The number of methoxy groups -OCH3 is 1. The summed E-state index contributed by atoms with van der Waals surface area (Å²) in [5.41, 5.74) is 7.11. The second-order valence-electron chi connectivity index (χ2n) is 6.87. The van der Waals surface area contributed by atoms with Crippen LogP contribution in [0.1, 0.15) is 38.0 Å². The smallest absolute Gasteiger partial charge is 0.341 e. The molecule has 9 nitrogen and oxygen atoms in total. The van der Waals surface area contributed by atoms with Gasteiger partial charge in [-0.25, -0.2) is 9.59 Å². The van der Waals surface area contributed by atoms with E-state index in [4.69, 9.17) is 19.9 Å². The van der Waals surface area contributed by atoms with Crippen LogP contribution in [-0.2, 0) is 14.3 Å². The minimum atomic E-state index is -0.748. The third kappa shape index (κ3) is 5.78. The molecule has 3 rings (SSSR count). The SMILES string of the molecule is CCOC(=O)c1c(-c2ccc(OC)cc2)csc1NC(=O)COC(=O)c1ccc(C(N)=O)cc1. The van der Waals surface area contributed by atoms with Crippen LogP contribution in [0.15, 0.2) is 53.9 Å². The highest BCUT2D eigenvalue weighted by molar-refractivity contribution is 7.15. The van der Waals surface area contributed by atoms with E-state index in [1.807, 2.05) is 0 Å². The molecule has 0 unspecified atom stereocenters. The Hall–Kier alpha value is -4.18. The topological polar surface area (TPSA) is 134 Å². The number of primary amides is 1. The largest absolute Gasteiger partial charge is 0.497 e. The van der Waals surface area contributed by atoms with Gasteiger partial charge in [-0.15, -0.1) is 11.3 Å².